The molecule has 52 valence electrons. The number of hydrogen-bond donors (Lipinski definition) is 1. The number of thiophene rings is 1. The molecule has 10 heavy (non-hydrogen) atoms. The van der Waals surface area contributed by atoms with Crippen molar-refractivity contribution in [3.63, 3.8) is 0 Å². The molecule has 1 aromatic rings. The molecule has 2 N–H and O–H groups in total. The van der Waals surface area contributed by atoms with Gasteiger partial charge in [0.25, 0.3) is 0 Å². The molecule has 2 heteroatoms. The van der Waals surface area contributed by atoms with Crippen LogP contribution in [0, 0.1) is 12.3 Å². The fraction of sp³-hybridized carbons (Fsp3) is 0.250. The third-order valence-corrected chi connectivity index (χ3v) is 2.09. The quantitative estimate of drug-likeness (QED) is 0.478. The van der Waals surface area contributed by atoms with Gasteiger partial charge in [-0.3, -0.25) is 0 Å². The first kappa shape index (κ1) is 7.33. The molecular formula is C8H10NS+. The first-order valence-electron chi connectivity index (χ1n) is 3.21. The normalized spacial score (nSPS) is 9.10. The fourth-order valence-corrected chi connectivity index (χ4v) is 1.43. The van der Waals surface area contributed by atoms with Gasteiger partial charge < -0.3 is 5.32 Å². The molecule has 0 amide bonds. The summed E-state index contributed by atoms with van der Waals surface area (Å²) in [5.41, 5.74) is 0. The van der Waals surface area contributed by atoms with Crippen LogP contribution in [-0.2, 0) is 6.54 Å². The second kappa shape index (κ2) is 4.10. The Kier molecular flexibility index (Phi) is 3.01. The van der Waals surface area contributed by atoms with Gasteiger partial charge >= 0.3 is 0 Å². The van der Waals surface area contributed by atoms with E-state index in [1.807, 2.05) is 0 Å². The van der Waals surface area contributed by atoms with E-state index in [0.717, 1.165) is 13.1 Å². The van der Waals surface area contributed by atoms with Crippen molar-refractivity contribution in [2.24, 2.45) is 0 Å². The van der Waals surface area contributed by atoms with Crippen LogP contribution in [0.5, 0.6) is 0 Å². The number of terminal acetylenes is 1. The second-order valence-corrected chi connectivity index (χ2v) is 3.01. The van der Waals surface area contributed by atoms with Crippen molar-refractivity contribution < 1.29 is 5.32 Å². The summed E-state index contributed by atoms with van der Waals surface area (Å²) in [7, 11) is 0. The standard InChI is InChI=1S/C8H9NS/c1-2-5-9-7-8-4-3-6-10-8/h1,3-4,6,9H,5,7H2/p+1. The molecule has 1 aromatic heterocycles. The Hall–Kier alpha value is -0.780. The van der Waals surface area contributed by atoms with Crippen LogP contribution in [0.4, 0.5) is 0 Å². The van der Waals surface area contributed by atoms with Crippen LogP contribution in [-0.4, -0.2) is 6.54 Å². The second-order valence-electron chi connectivity index (χ2n) is 1.98. The third-order valence-electron chi connectivity index (χ3n) is 1.19. The first-order chi connectivity index (χ1) is 4.93. The van der Waals surface area contributed by atoms with Crippen molar-refractivity contribution in [3.05, 3.63) is 22.4 Å². The van der Waals surface area contributed by atoms with Gasteiger partial charge in [0.1, 0.15) is 13.1 Å². The highest BCUT2D eigenvalue weighted by atomic mass is 32.1. The summed E-state index contributed by atoms with van der Waals surface area (Å²) < 4.78 is 0. The molecular weight excluding hydrogens is 142 g/mol. The Morgan fingerprint density at radius 1 is 1.70 bits per heavy atom. The smallest absolute Gasteiger partial charge is 0.137 e. The summed E-state index contributed by atoms with van der Waals surface area (Å²) in [6.07, 6.45) is 5.09. The van der Waals surface area contributed by atoms with Crippen LogP contribution in [0.2, 0.25) is 0 Å². The zero-order chi connectivity index (χ0) is 7.23. The van der Waals surface area contributed by atoms with Gasteiger partial charge in [-0.25, -0.2) is 0 Å². The molecule has 0 saturated carbocycles. The van der Waals surface area contributed by atoms with Crippen LogP contribution < -0.4 is 5.32 Å². The SMILES string of the molecule is C#CC[NH2+]Cc1cccs1. The molecule has 0 saturated heterocycles. The van der Waals surface area contributed by atoms with Gasteiger partial charge in [0.15, 0.2) is 0 Å². The highest BCUT2D eigenvalue weighted by Gasteiger charge is 1.92. The Bertz CT molecular complexity index is 208. The zero-order valence-corrected chi connectivity index (χ0v) is 6.53. The first-order valence-corrected chi connectivity index (χ1v) is 4.09. The molecule has 0 bridgehead atoms. The molecule has 0 aromatic carbocycles. The average Bonchev–Trinajstić information content (AvgIpc) is 2.41. The molecule has 0 spiro atoms. The number of quaternary nitrogens is 1. The zero-order valence-electron chi connectivity index (χ0n) is 5.71. The van der Waals surface area contributed by atoms with E-state index in [2.05, 4.69) is 28.8 Å². The van der Waals surface area contributed by atoms with E-state index in [-0.39, 0.29) is 0 Å². The van der Waals surface area contributed by atoms with E-state index in [0.29, 0.717) is 0 Å². The maximum absolute atomic E-state index is 5.09. The fourth-order valence-electron chi connectivity index (χ4n) is 0.726. The van der Waals surface area contributed by atoms with Gasteiger partial charge in [0, 0.05) is 0 Å². The van der Waals surface area contributed by atoms with E-state index in [1.165, 1.54) is 4.88 Å². The monoisotopic (exact) mass is 152 g/mol. The lowest BCUT2D eigenvalue weighted by atomic mass is 10.4. The van der Waals surface area contributed by atoms with Gasteiger partial charge in [-0.15, -0.1) is 17.8 Å². The summed E-state index contributed by atoms with van der Waals surface area (Å²) in [6.45, 7) is 1.79. The molecule has 0 aliphatic heterocycles. The predicted molar refractivity (Wildman–Crippen MR) is 43.6 cm³/mol. The van der Waals surface area contributed by atoms with Crippen molar-refractivity contribution in [3.8, 4) is 12.3 Å². The highest BCUT2D eigenvalue weighted by Crippen LogP contribution is 2.05. The maximum atomic E-state index is 5.09. The van der Waals surface area contributed by atoms with Crippen molar-refractivity contribution in [2.45, 2.75) is 6.54 Å². The van der Waals surface area contributed by atoms with Crippen LogP contribution >= 0.6 is 11.3 Å². The van der Waals surface area contributed by atoms with E-state index in [9.17, 15) is 0 Å². The van der Waals surface area contributed by atoms with Gasteiger partial charge in [0.2, 0.25) is 0 Å². The average molecular weight is 152 g/mol. The van der Waals surface area contributed by atoms with Crippen molar-refractivity contribution in [1.29, 1.82) is 0 Å². The minimum atomic E-state index is 0.776. The molecule has 1 nitrogen and oxygen atoms in total. The molecule has 0 aliphatic carbocycles. The summed E-state index contributed by atoms with van der Waals surface area (Å²) >= 11 is 1.77. The lowest BCUT2D eigenvalue weighted by Gasteiger charge is -1.91. The Morgan fingerprint density at radius 2 is 2.60 bits per heavy atom. The maximum Gasteiger partial charge on any atom is 0.137 e. The molecule has 0 unspecified atom stereocenters. The Balaban J connectivity index is 2.23. The summed E-state index contributed by atoms with van der Waals surface area (Å²) in [4.78, 5) is 1.38. The molecule has 1 rings (SSSR count). The minimum absolute atomic E-state index is 0.776. The lowest BCUT2D eigenvalue weighted by Crippen LogP contribution is -2.82. The minimum Gasteiger partial charge on any atom is -0.332 e. The highest BCUT2D eigenvalue weighted by molar-refractivity contribution is 7.09. The van der Waals surface area contributed by atoms with Crippen molar-refractivity contribution in [1.82, 2.24) is 0 Å². The lowest BCUT2D eigenvalue weighted by molar-refractivity contribution is -0.659. The number of rotatable bonds is 3. The largest absolute Gasteiger partial charge is 0.332 e. The molecule has 0 radical (unpaired) electrons. The number of nitrogens with two attached hydrogens (primary N) is 1. The summed E-state index contributed by atoms with van der Waals surface area (Å²) in [5.74, 6) is 2.58. The van der Waals surface area contributed by atoms with E-state index >= 15 is 0 Å². The molecule has 0 aliphatic rings. The van der Waals surface area contributed by atoms with Crippen LogP contribution in [0.3, 0.4) is 0 Å². The van der Waals surface area contributed by atoms with Crippen molar-refractivity contribution >= 4 is 11.3 Å². The van der Waals surface area contributed by atoms with Crippen LogP contribution in [0.1, 0.15) is 4.88 Å². The summed E-state index contributed by atoms with van der Waals surface area (Å²) in [6, 6.07) is 4.18. The summed E-state index contributed by atoms with van der Waals surface area (Å²) in [5, 5.41) is 4.20. The van der Waals surface area contributed by atoms with Gasteiger partial charge in [0.05, 0.1) is 4.88 Å². The third kappa shape index (κ3) is 2.22. The molecule has 0 fully saturated rings. The van der Waals surface area contributed by atoms with Gasteiger partial charge in [-0.05, 0) is 17.4 Å². The Morgan fingerprint density at radius 3 is 3.20 bits per heavy atom. The predicted octanol–water partition coefficient (Wildman–Crippen LogP) is 0.445. The van der Waals surface area contributed by atoms with E-state index in [1.54, 1.807) is 11.3 Å². The topological polar surface area (TPSA) is 16.6 Å². The van der Waals surface area contributed by atoms with Gasteiger partial charge in [-0.1, -0.05) is 6.07 Å². The van der Waals surface area contributed by atoms with Crippen LogP contribution in [0.15, 0.2) is 17.5 Å². The van der Waals surface area contributed by atoms with E-state index in [4.69, 9.17) is 6.42 Å². The Labute approximate surface area is 65.1 Å². The molecule has 0 atom stereocenters. The molecule has 1 heterocycles. The van der Waals surface area contributed by atoms with Crippen LogP contribution in [0.25, 0.3) is 0 Å². The number of hydrogen-bond acceptors (Lipinski definition) is 1. The van der Waals surface area contributed by atoms with Gasteiger partial charge in [-0.2, -0.15) is 0 Å². The van der Waals surface area contributed by atoms with E-state index < -0.39 is 0 Å². The van der Waals surface area contributed by atoms with Crippen molar-refractivity contribution in [2.75, 3.05) is 6.54 Å².